The van der Waals surface area contributed by atoms with Gasteiger partial charge in [-0.25, -0.2) is 13.8 Å². The minimum absolute atomic E-state index is 0.0370. The molecule has 178 valence electrons. The van der Waals surface area contributed by atoms with Crippen LogP contribution in [0, 0.1) is 17.6 Å². The van der Waals surface area contributed by atoms with Gasteiger partial charge in [0.25, 0.3) is 5.91 Å². The van der Waals surface area contributed by atoms with E-state index in [1.54, 1.807) is 30.3 Å². The lowest BCUT2D eigenvalue weighted by molar-refractivity contribution is -0.225. The van der Waals surface area contributed by atoms with E-state index in [1.165, 1.54) is 37.3 Å². The third-order valence-corrected chi connectivity index (χ3v) is 7.04. The Bertz CT molecular complexity index is 1170. The molecular formula is C24H24F2N4O3S. The van der Waals surface area contributed by atoms with Crippen molar-refractivity contribution in [2.24, 2.45) is 21.6 Å². The molecule has 0 saturated carbocycles. The smallest absolute Gasteiger partial charge is 0.257 e. The number of aliphatic hydroxyl groups is 1. The predicted octanol–water partition coefficient (Wildman–Crippen LogP) is 2.96. The molecule has 10 heteroatoms. The average molecular weight is 487 g/mol. The zero-order chi connectivity index (χ0) is 24.3. The summed E-state index contributed by atoms with van der Waals surface area (Å²) in [5, 5.41) is 14.3. The summed E-state index contributed by atoms with van der Waals surface area (Å²) < 4.78 is 34.6. The number of ether oxygens (including phenoxy) is 1. The Morgan fingerprint density at radius 3 is 2.76 bits per heavy atom. The van der Waals surface area contributed by atoms with Crippen molar-refractivity contribution < 1.29 is 23.4 Å². The Labute approximate surface area is 199 Å². The van der Waals surface area contributed by atoms with Gasteiger partial charge in [-0.1, -0.05) is 36.0 Å². The molecule has 4 N–H and O–H groups in total. The van der Waals surface area contributed by atoms with Crippen molar-refractivity contribution in [3.8, 4) is 0 Å². The van der Waals surface area contributed by atoms with Crippen LogP contribution in [0.25, 0.3) is 0 Å². The third kappa shape index (κ3) is 4.48. The monoisotopic (exact) mass is 486 g/mol. The SMILES string of the molecule is CN=C/C(=C\N)C1(O)CC2CSC(NC(=O)c3ccccc3)=NC2(c2ccc(F)cc2F)CO1. The van der Waals surface area contributed by atoms with Gasteiger partial charge in [0.15, 0.2) is 11.0 Å². The van der Waals surface area contributed by atoms with Crippen molar-refractivity contribution in [3.05, 3.63) is 83.1 Å². The maximum atomic E-state index is 15.0. The Balaban J connectivity index is 1.73. The number of carbonyl (C=O) groups excluding carboxylic acids is 1. The highest BCUT2D eigenvalue weighted by atomic mass is 32.2. The van der Waals surface area contributed by atoms with Gasteiger partial charge in [0.2, 0.25) is 0 Å². The largest absolute Gasteiger partial charge is 0.404 e. The van der Waals surface area contributed by atoms with Crippen molar-refractivity contribution in [2.75, 3.05) is 19.4 Å². The molecule has 2 aromatic carbocycles. The van der Waals surface area contributed by atoms with Gasteiger partial charge in [0.1, 0.15) is 17.2 Å². The number of rotatable bonds is 4. The number of benzene rings is 2. The lowest BCUT2D eigenvalue weighted by Gasteiger charge is -2.49. The summed E-state index contributed by atoms with van der Waals surface area (Å²) in [6, 6.07) is 11.9. The van der Waals surface area contributed by atoms with Crippen LogP contribution >= 0.6 is 11.8 Å². The van der Waals surface area contributed by atoms with Crippen LogP contribution in [-0.2, 0) is 10.3 Å². The van der Waals surface area contributed by atoms with E-state index in [-0.39, 0.29) is 35.2 Å². The molecule has 3 atom stereocenters. The number of nitrogens with one attached hydrogen (secondary N) is 1. The van der Waals surface area contributed by atoms with Crippen LogP contribution in [0.3, 0.4) is 0 Å². The van der Waals surface area contributed by atoms with E-state index in [4.69, 9.17) is 15.5 Å². The molecule has 0 spiro atoms. The first-order valence-corrected chi connectivity index (χ1v) is 11.6. The van der Waals surface area contributed by atoms with Gasteiger partial charge in [-0.2, -0.15) is 0 Å². The Hall–Kier alpha value is -3.08. The molecule has 2 heterocycles. The van der Waals surface area contributed by atoms with Crippen molar-refractivity contribution in [1.29, 1.82) is 0 Å². The second-order valence-electron chi connectivity index (χ2n) is 8.08. The molecule has 1 fully saturated rings. The lowest BCUT2D eigenvalue weighted by Crippen LogP contribution is -2.56. The first kappa shape index (κ1) is 24.1. The minimum Gasteiger partial charge on any atom is -0.404 e. The van der Waals surface area contributed by atoms with Crippen molar-refractivity contribution in [2.45, 2.75) is 17.7 Å². The number of hydrogen-bond acceptors (Lipinski definition) is 7. The van der Waals surface area contributed by atoms with Crippen molar-refractivity contribution in [1.82, 2.24) is 5.32 Å². The summed E-state index contributed by atoms with van der Waals surface area (Å²) in [6.07, 6.45) is 2.65. The molecule has 2 aromatic rings. The van der Waals surface area contributed by atoms with Gasteiger partial charge < -0.3 is 20.9 Å². The van der Waals surface area contributed by atoms with Crippen LogP contribution < -0.4 is 11.1 Å². The van der Waals surface area contributed by atoms with Crippen LogP contribution in [0.2, 0.25) is 0 Å². The topological polar surface area (TPSA) is 109 Å². The number of nitrogens with two attached hydrogens (primary N) is 1. The van der Waals surface area contributed by atoms with E-state index >= 15 is 4.39 Å². The fraction of sp³-hybridized carbons (Fsp3) is 0.292. The molecule has 1 amide bonds. The quantitative estimate of drug-likeness (QED) is 0.576. The van der Waals surface area contributed by atoms with Crippen LogP contribution in [0.1, 0.15) is 22.3 Å². The zero-order valence-electron chi connectivity index (χ0n) is 18.4. The Morgan fingerprint density at radius 1 is 1.32 bits per heavy atom. The van der Waals surface area contributed by atoms with Gasteiger partial charge in [0.05, 0.1) is 6.61 Å². The van der Waals surface area contributed by atoms with Gasteiger partial charge in [-0.3, -0.25) is 9.79 Å². The highest BCUT2D eigenvalue weighted by Crippen LogP contribution is 2.50. The molecule has 0 bridgehead atoms. The molecule has 1 saturated heterocycles. The van der Waals surface area contributed by atoms with E-state index in [2.05, 4.69) is 10.3 Å². The molecule has 2 aliphatic rings. The number of aliphatic imine (C=N–C) groups is 2. The minimum atomic E-state index is -1.75. The summed E-state index contributed by atoms with van der Waals surface area (Å²) in [6.45, 7) is -0.225. The molecule has 3 unspecified atom stereocenters. The van der Waals surface area contributed by atoms with E-state index in [0.717, 1.165) is 12.1 Å². The fourth-order valence-corrected chi connectivity index (χ4v) is 5.40. The van der Waals surface area contributed by atoms with Crippen LogP contribution in [0.15, 0.2) is 70.3 Å². The number of carbonyl (C=O) groups is 1. The van der Waals surface area contributed by atoms with Crippen LogP contribution in [0.4, 0.5) is 8.78 Å². The summed E-state index contributed by atoms with van der Waals surface area (Å²) in [5.41, 5.74) is 5.22. The molecule has 2 aliphatic heterocycles. The molecule has 0 aliphatic carbocycles. The van der Waals surface area contributed by atoms with Gasteiger partial charge in [-0.15, -0.1) is 0 Å². The molecular weight excluding hydrogens is 462 g/mol. The maximum absolute atomic E-state index is 15.0. The van der Waals surface area contributed by atoms with Crippen molar-refractivity contribution in [3.63, 3.8) is 0 Å². The third-order valence-electron chi connectivity index (χ3n) is 6.00. The number of halogens is 2. The molecule has 34 heavy (non-hydrogen) atoms. The second-order valence-corrected chi connectivity index (χ2v) is 9.09. The highest BCUT2D eigenvalue weighted by molar-refractivity contribution is 8.13. The predicted molar refractivity (Wildman–Crippen MR) is 128 cm³/mol. The van der Waals surface area contributed by atoms with E-state index in [0.29, 0.717) is 11.3 Å². The zero-order valence-corrected chi connectivity index (χ0v) is 19.2. The normalized spacial score (nSPS) is 27.2. The van der Waals surface area contributed by atoms with Crippen LogP contribution in [-0.4, -0.2) is 47.6 Å². The maximum Gasteiger partial charge on any atom is 0.257 e. The molecule has 0 aromatic heterocycles. The Morgan fingerprint density at radius 2 is 2.09 bits per heavy atom. The highest BCUT2D eigenvalue weighted by Gasteiger charge is 2.54. The van der Waals surface area contributed by atoms with Gasteiger partial charge in [0, 0.05) is 60.3 Å². The van der Waals surface area contributed by atoms with Gasteiger partial charge in [-0.05, 0) is 18.2 Å². The number of hydrogen-bond donors (Lipinski definition) is 3. The van der Waals surface area contributed by atoms with Crippen LogP contribution in [0.5, 0.6) is 0 Å². The fourth-order valence-electron chi connectivity index (χ4n) is 4.26. The average Bonchev–Trinajstić information content (AvgIpc) is 2.83. The molecule has 4 rings (SSSR count). The summed E-state index contributed by atoms with van der Waals surface area (Å²) in [5.74, 6) is -3.65. The Kier molecular flexibility index (Phi) is 6.83. The van der Waals surface area contributed by atoms with E-state index in [1.807, 2.05) is 0 Å². The first-order valence-electron chi connectivity index (χ1n) is 10.6. The molecule has 7 nitrogen and oxygen atoms in total. The molecule has 0 radical (unpaired) electrons. The standard InChI is InChI=1S/C24H24F2N4O3S/c1-28-12-17(11-27)24(32)10-16-13-34-22(29-21(31)15-5-3-2-4-6-15)30-23(16,14-33-24)19-8-7-18(25)9-20(19)26/h2-9,11-12,16,32H,10,13-14,27H2,1H3,(H,29,30,31)/b17-11+,28-12?. The van der Waals surface area contributed by atoms with E-state index in [9.17, 15) is 14.3 Å². The number of fused-ring (bicyclic) bond motifs is 1. The second kappa shape index (κ2) is 9.65. The number of amides is 1. The van der Waals surface area contributed by atoms with Gasteiger partial charge >= 0.3 is 0 Å². The summed E-state index contributed by atoms with van der Waals surface area (Å²) in [7, 11) is 1.54. The summed E-state index contributed by atoms with van der Waals surface area (Å²) in [4.78, 5) is 21.3. The van der Waals surface area contributed by atoms with E-state index < -0.39 is 28.9 Å². The van der Waals surface area contributed by atoms with Crippen molar-refractivity contribution >= 4 is 29.1 Å². The number of thioether (sulfide) groups is 1. The lowest BCUT2D eigenvalue weighted by atomic mass is 9.73. The first-order chi connectivity index (χ1) is 16.3. The summed E-state index contributed by atoms with van der Waals surface area (Å²) >= 11 is 1.28. The number of amidine groups is 1. The number of nitrogens with zero attached hydrogens (tertiary/aromatic N) is 2.